The molecule has 2 N–H and O–H groups in total. The second kappa shape index (κ2) is 12.9. The first-order valence-corrected chi connectivity index (χ1v) is 14.1. The van der Waals surface area contributed by atoms with Crippen LogP contribution in [0.2, 0.25) is 0 Å². The molecule has 0 aliphatic rings. The molecule has 2 heterocycles. The maximum absolute atomic E-state index is 13.7. The number of methoxy groups -OCH3 is 2. The summed E-state index contributed by atoms with van der Waals surface area (Å²) in [6.07, 6.45) is 3.28. The molecule has 44 heavy (non-hydrogen) atoms. The average molecular weight is 600 g/mol. The van der Waals surface area contributed by atoms with E-state index in [9.17, 15) is 9.18 Å². The number of amides is 1. The van der Waals surface area contributed by atoms with E-state index in [2.05, 4.69) is 20.7 Å². The third kappa shape index (κ3) is 6.36. The molecule has 0 radical (unpaired) electrons. The SMILES string of the molecule is CCOc1cn(-c2ccc(F)cc2C)nc1C(=O)Nc1ccc(Oc2ccnc3cc(OC)c(OC)cc23)c(NC(C)C)c1. The molecule has 5 rings (SSSR count). The molecular weight excluding hydrogens is 565 g/mol. The van der Waals surface area contributed by atoms with Gasteiger partial charge in [-0.15, -0.1) is 0 Å². The highest BCUT2D eigenvalue weighted by atomic mass is 19.1. The van der Waals surface area contributed by atoms with Crippen LogP contribution in [0.25, 0.3) is 16.6 Å². The standard InChI is InChI=1S/C33H34FN5O5/c1-7-43-31-18-39(26-10-8-21(34)14-20(26)4)38-32(31)33(40)37-22-9-11-28(25(15-22)36-19(2)3)44-27-12-13-35-24-17-30(42-6)29(41-5)16-23(24)27/h8-19,36H,7H2,1-6H3,(H,37,40). The van der Waals surface area contributed by atoms with Crippen molar-refractivity contribution in [3.8, 4) is 34.4 Å². The number of halogens is 1. The Labute approximate surface area is 254 Å². The zero-order valence-corrected chi connectivity index (χ0v) is 25.4. The monoisotopic (exact) mass is 599 g/mol. The van der Waals surface area contributed by atoms with Crippen LogP contribution in [0.3, 0.4) is 0 Å². The van der Waals surface area contributed by atoms with E-state index >= 15 is 0 Å². The van der Waals surface area contributed by atoms with Gasteiger partial charge in [-0.25, -0.2) is 9.07 Å². The zero-order chi connectivity index (χ0) is 31.4. The molecular formula is C33H34FN5O5. The number of ether oxygens (including phenoxy) is 4. The van der Waals surface area contributed by atoms with Crippen LogP contribution in [0.5, 0.6) is 28.7 Å². The van der Waals surface area contributed by atoms with Crippen LogP contribution < -0.4 is 29.6 Å². The number of carbonyl (C=O) groups is 1. The molecule has 5 aromatic rings. The fourth-order valence-corrected chi connectivity index (χ4v) is 4.74. The number of aryl methyl sites for hydroxylation is 1. The third-order valence-electron chi connectivity index (χ3n) is 6.71. The summed E-state index contributed by atoms with van der Waals surface area (Å²) in [4.78, 5) is 17.9. The van der Waals surface area contributed by atoms with Crippen molar-refractivity contribution < 1.29 is 28.1 Å². The van der Waals surface area contributed by atoms with Crippen molar-refractivity contribution in [1.82, 2.24) is 14.8 Å². The molecule has 228 valence electrons. The van der Waals surface area contributed by atoms with E-state index in [1.807, 2.05) is 26.8 Å². The maximum Gasteiger partial charge on any atom is 0.280 e. The summed E-state index contributed by atoms with van der Waals surface area (Å²) in [5, 5.41) is 11.5. The number of nitrogens with zero attached hydrogens (tertiary/aromatic N) is 3. The van der Waals surface area contributed by atoms with Gasteiger partial charge >= 0.3 is 0 Å². The third-order valence-corrected chi connectivity index (χ3v) is 6.71. The van der Waals surface area contributed by atoms with Crippen LogP contribution in [-0.4, -0.2) is 47.5 Å². The van der Waals surface area contributed by atoms with Gasteiger partial charge in [-0.2, -0.15) is 5.10 Å². The first-order chi connectivity index (χ1) is 21.2. The van der Waals surface area contributed by atoms with Crippen molar-refractivity contribution in [1.29, 1.82) is 0 Å². The van der Waals surface area contributed by atoms with Crippen molar-refractivity contribution in [2.24, 2.45) is 0 Å². The molecule has 0 saturated heterocycles. The quantitative estimate of drug-likeness (QED) is 0.165. The van der Waals surface area contributed by atoms with Gasteiger partial charge in [0.25, 0.3) is 5.91 Å². The number of aromatic nitrogens is 3. The highest BCUT2D eigenvalue weighted by Gasteiger charge is 2.21. The van der Waals surface area contributed by atoms with Crippen LogP contribution >= 0.6 is 0 Å². The fraction of sp³-hybridized carbons (Fsp3) is 0.242. The summed E-state index contributed by atoms with van der Waals surface area (Å²) in [5.41, 5.74) is 3.27. The molecule has 0 saturated carbocycles. The Kier molecular flexibility index (Phi) is 8.84. The van der Waals surface area contributed by atoms with Crippen LogP contribution in [0, 0.1) is 12.7 Å². The number of fused-ring (bicyclic) bond motifs is 1. The minimum absolute atomic E-state index is 0.0704. The van der Waals surface area contributed by atoms with Gasteiger partial charge in [0.15, 0.2) is 28.7 Å². The number of nitrogens with one attached hydrogen (secondary N) is 2. The molecule has 0 unspecified atom stereocenters. The van der Waals surface area contributed by atoms with Crippen molar-refractivity contribution >= 4 is 28.2 Å². The van der Waals surface area contributed by atoms with Crippen LogP contribution in [0.4, 0.5) is 15.8 Å². The van der Waals surface area contributed by atoms with Gasteiger partial charge in [0.05, 0.1) is 43.9 Å². The molecule has 1 amide bonds. The number of hydrogen-bond acceptors (Lipinski definition) is 8. The molecule has 0 aliphatic carbocycles. The summed E-state index contributed by atoms with van der Waals surface area (Å²) in [7, 11) is 3.15. The van der Waals surface area contributed by atoms with E-state index in [0.29, 0.717) is 63.5 Å². The topological polar surface area (TPSA) is 109 Å². The van der Waals surface area contributed by atoms with Gasteiger partial charge in [-0.1, -0.05) is 0 Å². The Morgan fingerprint density at radius 3 is 2.43 bits per heavy atom. The summed E-state index contributed by atoms with van der Waals surface area (Å²) in [6.45, 7) is 7.95. The van der Waals surface area contributed by atoms with Crippen molar-refractivity contribution in [3.05, 3.63) is 84.1 Å². The molecule has 0 bridgehead atoms. The molecule has 11 heteroatoms. The van der Waals surface area contributed by atoms with Gasteiger partial charge < -0.3 is 29.6 Å². The zero-order valence-electron chi connectivity index (χ0n) is 25.4. The second-order valence-electron chi connectivity index (χ2n) is 10.2. The highest BCUT2D eigenvalue weighted by Crippen LogP contribution is 2.39. The van der Waals surface area contributed by atoms with E-state index in [0.717, 1.165) is 5.39 Å². The summed E-state index contributed by atoms with van der Waals surface area (Å²) in [5.74, 6) is 1.74. The van der Waals surface area contributed by atoms with E-state index in [1.54, 1.807) is 69.9 Å². The number of rotatable bonds is 11. The lowest BCUT2D eigenvalue weighted by Crippen LogP contribution is -2.15. The molecule has 0 atom stereocenters. The van der Waals surface area contributed by atoms with E-state index < -0.39 is 5.91 Å². The molecule has 0 aliphatic heterocycles. The first kappa shape index (κ1) is 30.1. The first-order valence-electron chi connectivity index (χ1n) is 14.1. The van der Waals surface area contributed by atoms with Crippen molar-refractivity contribution in [2.75, 3.05) is 31.5 Å². The predicted molar refractivity (Wildman–Crippen MR) is 168 cm³/mol. The maximum atomic E-state index is 13.7. The van der Waals surface area contributed by atoms with E-state index in [4.69, 9.17) is 18.9 Å². The summed E-state index contributed by atoms with van der Waals surface area (Å²) >= 11 is 0. The van der Waals surface area contributed by atoms with Crippen molar-refractivity contribution in [2.45, 2.75) is 33.7 Å². The molecule has 3 aromatic carbocycles. The lowest BCUT2D eigenvalue weighted by molar-refractivity contribution is 0.101. The second-order valence-corrected chi connectivity index (χ2v) is 10.2. The fourth-order valence-electron chi connectivity index (χ4n) is 4.74. The van der Waals surface area contributed by atoms with Gasteiger partial charge in [0, 0.05) is 29.4 Å². The number of anilines is 2. The Balaban J connectivity index is 1.45. The van der Waals surface area contributed by atoms with Gasteiger partial charge in [-0.3, -0.25) is 9.78 Å². The number of benzene rings is 3. The average Bonchev–Trinajstić information content (AvgIpc) is 3.41. The lowest BCUT2D eigenvalue weighted by atomic mass is 10.1. The lowest BCUT2D eigenvalue weighted by Gasteiger charge is -2.18. The minimum Gasteiger partial charge on any atom is -0.493 e. The van der Waals surface area contributed by atoms with Crippen LogP contribution in [-0.2, 0) is 0 Å². The number of carbonyl (C=O) groups excluding carboxylic acids is 1. The largest absolute Gasteiger partial charge is 0.493 e. The van der Waals surface area contributed by atoms with Crippen LogP contribution in [0.15, 0.2) is 67.0 Å². The van der Waals surface area contributed by atoms with Gasteiger partial charge in [-0.05, 0) is 81.8 Å². The Hall–Kier alpha value is -5.32. The van der Waals surface area contributed by atoms with Crippen LogP contribution in [0.1, 0.15) is 36.8 Å². The predicted octanol–water partition coefficient (Wildman–Crippen LogP) is 7.15. The normalized spacial score (nSPS) is 11.0. The van der Waals surface area contributed by atoms with E-state index in [-0.39, 0.29) is 17.6 Å². The van der Waals surface area contributed by atoms with Crippen molar-refractivity contribution in [3.63, 3.8) is 0 Å². The minimum atomic E-state index is -0.461. The Morgan fingerprint density at radius 1 is 0.955 bits per heavy atom. The molecule has 0 spiro atoms. The Morgan fingerprint density at radius 2 is 1.73 bits per heavy atom. The smallest absolute Gasteiger partial charge is 0.280 e. The highest BCUT2D eigenvalue weighted by molar-refractivity contribution is 6.05. The molecule has 2 aromatic heterocycles. The van der Waals surface area contributed by atoms with Gasteiger partial charge in [0.1, 0.15) is 11.6 Å². The summed E-state index contributed by atoms with van der Waals surface area (Å²) in [6, 6.07) is 15.1. The molecule has 10 nitrogen and oxygen atoms in total. The molecule has 0 fully saturated rings. The number of pyridine rings is 1. The number of hydrogen-bond donors (Lipinski definition) is 2. The Bertz CT molecular complexity index is 1820. The van der Waals surface area contributed by atoms with E-state index in [1.165, 1.54) is 16.8 Å². The summed E-state index contributed by atoms with van der Waals surface area (Å²) < 4.78 is 38.2. The van der Waals surface area contributed by atoms with Gasteiger partial charge in [0.2, 0.25) is 0 Å².